The summed E-state index contributed by atoms with van der Waals surface area (Å²) in [6.07, 6.45) is 3.31. The number of hydrogen-bond donors (Lipinski definition) is 1. The first-order valence-electron chi connectivity index (χ1n) is 6.87. The molecule has 2 rings (SSSR count). The number of rotatable bonds is 3. The number of aliphatic hydroxyl groups excluding tert-OH is 1. The molecule has 3 unspecified atom stereocenters. The fraction of sp³-hybridized carbons (Fsp3) is 0.625. The van der Waals surface area contributed by atoms with Crippen LogP contribution >= 0.6 is 0 Å². The van der Waals surface area contributed by atoms with E-state index >= 15 is 0 Å². The number of ether oxygens (including phenoxy) is 1. The van der Waals surface area contributed by atoms with Crippen LogP contribution in [0.25, 0.3) is 0 Å². The Labute approximate surface area is 110 Å². The maximum absolute atomic E-state index is 10.6. The molecule has 1 aliphatic rings. The van der Waals surface area contributed by atoms with E-state index < -0.39 is 0 Å². The Morgan fingerprint density at radius 2 is 1.83 bits per heavy atom. The molecule has 18 heavy (non-hydrogen) atoms. The lowest BCUT2D eigenvalue weighted by molar-refractivity contribution is 0.0899. The molecule has 1 aromatic rings. The quantitative estimate of drug-likeness (QED) is 0.882. The first-order chi connectivity index (χ1) is 8.54. The molecule has 0 radical (unpaired) electrons. The highest BCUT2D eigenvalue weighted by Gasteiger charge is 2.30. The SMILES string of the molecule is COc1c(C)cc(C(O)C2CCCC2C)cc1C. The third kappa shape index (κ3) is 2.39. The summed E-state index contributed by atoms with van der Waals surface area (Å²) in [5, 5.41) is 10.6. The number of methoxy groups -OCH3 is 1. The monoisotopic (exact) mass is 248 g/mol. The number of benzene rings is 1. The molecule has 3 atom stereocenters. The summed E-state index contributed by atoms with van der Waals surface area (Å²) in [6.45, 7) is 6.34. The number of hydrogen-bond acceptors (Lipinski definition) is 2. The molecule has 1 N–H and O–H groups in total. The minimum atomic E-state index is -0.328. The summed E-state index contributed by atoms with van der Waals surface area (Å²) >= 11 is 0. The zero-order valence-corrected chi connectivity index (χ0v) is 11.9. The van der Waals surface area contributed by atoms with Gasteiger partial charge in [0.2, 0.25) is 0 Å². The van der Waals surface area contributed by atoms with Gasteiger partial charge in [-0.2, -0.15) is 0 Å². The van der Waals surface area contributed by atoms with E-state index in [-0.39, 0.29) is 6.10 Å². The van der Waals surface area contributed by atoms with Crippen LogP contribution in [0.15, 0.2) is 12.1 Å². The first kappa shape index (κ1) is 13.4. The van der Waals surface area contributed by atoms with Crippen molar-refractivity contribution < 1.29 is 9.84 Å². The molecule has 1 aromatic carbocycles. The van der Waals surface area contributed by atoms with Gasteiger partial charge in [-0.05, 0) is 60.9 Å². The highest BCUT2D eigenvalue weighted by atomic mass is 16.5. The zero-order valence-electron chi connectivity index (χ0n) is 11.9. The van der Waals surface area contributed by atoms with Crippen molar-refractivity contribution in [1.29, 1.82) is 0 Å². The van der Waals surface area contributed by atoms with E-state index in [9.17, 15) is 5.11 Å². The van der Waals surface area contributed by atoms with Crippen molar-refractivity contribution in [3.63, 3.8) is 0 Å². The van der Waals surface area contributed by atoms with E-state index in [1.807, 2.05) is 13.8 Å². The van der Waals surface area contributed by atoms with Gasteiger partial charge in [0.05, 0.1) is 13.2 Å². The second-order valence-electron chi connectivity index (χ2n) is 5.70. The van der Waals surface area contributed by atoms with Crippen molar-refractivity contribution >= 4 is 0 Å². The maximum atomic E-state index is 10.6. The highest BCUT2D eigenvalue weighted by molar-refractivity contribution is 5.44. The number of aliphatic hydroxyl groups is 1. The van der Waals surface area contributed by atoms with Gasteiger partial charge in [0.1, 0.15) is 5.75 Å². The molecule has 1 fully saturated rings. The summed E-state index contributed by atoms with van der Waals surface area (Å²) in [5.74, 6) is 1.98. The Hall–Kier alpha value is -1.02. The molecular formula is C16H24O2. The molecular weight excluding hydrogens is 224 g/mol. The summed E-state index contributed by atoms with van der Waals surface area (Å²) in [5.41, 5.74) is 3.26. The highest BCUT2D eigenvalue weighted by Crippen LogP contribution is 2.41. The summed E-state index contributed by atoms with van der Waals surface area (Å²) < 4.78 is 5.38. The Morgan fingerprint density at radius 1 is 1.22 bits per heavy atom. The minimum absolute atomic E-state index is 0.328. The maximum Gasteiger partial charge on any atom is 0.124 e. The minimum Gasteiger partial charge on any atom is -0.496 e. The van der Waals surface area contributed by atoms with E-state index in [0.717, 1.165) is 28.9 Å². The van der Waals surface area contributed by atoms with Crippen molar-refractivity contribution in [3.8, 4) is 5.75 Å². The van der Waals surface area contributed by atoms with Crippen LogP contribution in [-0.2, 0) is 0 Å². The fourth-order valence-corrected chi connectivity index (χ4v) is 3.37. The van der Waals surface area contributed by atoms with Gasteiger partial charge < -0.3 is 9.84 Å². The summed E-state index contributed by atoms with van der Waals surface area (Å²) in [7, 11) is 1.70. The van der Waals surface area contributed by atoms with Crippen LogP contribution in [0.1, 0.15) is 49.0 Å². The van der Waals surface area contributed by atoms with Crippen LogP contribution in [0, 0.1) is 25.7 Å². The molecule has 0 saturated heterocycles. The topological polar surface area (TPSA) is 29.5 Å². The van der Waals surface area contributed by atoms with Gasteiger partial charge in [0, 0.05) is 0 Å². The van der Waals surface area contributed by atoms with Crippen LogP contribution < -0.4 is 4.74 Å². The van der Waals surface area contributed by atoms with Gasteiger partial charge in [-0.25, -0.2) is 0 Å². The van der Waals surface area contributed by atoms with E-state index in [1.165, 1.54) is 12.8 Å². The van der Waals surface area contributed by atoms with Crippen molar-refractivity contribution in [2.45, 2.75) is 46.1 Å². The van der Waals surface area contributed by atoms with E-state index in [1.54, 1.807) is 7.11 Å². The molecule has 0 heterocycles. The summed E-state index contributed by atoms with van der Waals surface area (Å²) in [6, 6.07) is 4.14. The molecule has 1 aliphatic carbocycles. The van der Waals surface area contributed by atoms with Crippen molar-refractivity contribution in [1.82, 2.24) is 0 Å². The number of aryl methyl sites for hydroxylation is 2. The second-order valence-corrected chi connectivity index (χ2v) is 5.70. The first-order valence-corrected chi connectivity index (χ1v) is 6.87. The lowest BCUT2D eigenvalue weighted by atomic mass is 9.87. The predicted molar refractivity (Wildman–Crippen MR) is 73.9 cm³/mol. The third-order valence-electron chi connectivity index (χ3n) is 4.36. The van der Waals surface area contributed by atoms with Gasteiger partial charge in [0.25, 0.3) is 0 Å². The standard InChI is InChI=1S/C16H24O2/c1-10-6-5-7-14(10)15(17)13-8-11(2)16(18-4)12(3)9-13/h8-10,14-15,17H,5-7H2,1-4H3. The zero-order chi connectivity index (χ0) is 13.3. The van der Waals surface area contributed by atoms with Crippen molar-refractivity contribution in [2.24, 2.45) is 11.8 Å². The average Bonchev–Trinajstić information content (AvgIpc) is 2.74. The molecule has 2 nitrogen and oxygen atoms in total. The lowest BCUT2D eigenvalue weighted by Crippen LogP contribution is -2.15. The normalized spacial score (nSPS) is 25.2. The lowest BCUT2D eigenvalue weighted by Gasteiger charge is -2.24. The van der Waals surface area contributed by atoms with Gasteiger partial charge >= 0.3 is 0 Å². The third-order valence-corrected chi connectivity index (χ3v) is 4.36. The molecule has 0 aliphatic heterocycles. The molecule has 0 bridgehead atoms. The molecule has 2 heteroatoms. The van der Waals surface area contributed by atoms with Crippen molar-refractivity contribution in [3.05, 3.63) is 28.8 Å². The van der Waals surface area contributed by atoms with E-state index in [2.05, 4.69) is 19.1 Å². The van der Waals surface area contributed by atoms with Crippen molar-refractivity contribution in [2.75, 3.05) is 7.11 Å². The predicted octanol–water partition coefficient (Wildman–Crippen LogP) is 3.78. The van der Waals surface area contributed by atoms with Crippen LogP contribution in [0.5, 0.6) is 5.75 Å². The van der Waals surface area contributed by atoms with Gasteiger partial charge in [-0.15, -0.1) is 0 Å². The molecule has 0 aromatic heterocycles. The second kappa shape index (κ2) is 5.31. The smallest absolute Gasteiger partial charge is 0.124 e. The largest absolute Gasteiger partial charge is 0.496 e. The van der Waals surface area contributed by atoms with E-state index in [4.69, 9.17) is 4.74 Å². The van der Waals surface area contributed by atoms with Crippen LogP contribution in [0.3, 0.4) is 0 Å². The molecule has 1 saturated carbocycles. The fourth-order valence-electron chi connectivity index (χ4n) is 3.37. The van der Waals surface area contributed by atoms with Gasteiger partial charge in [-0.3, -0.25) is 0 Å². The average molecular weight is 248 g/mol. The Kier molecular flexibility index (Phi) is 3.96. The van der Waals surface area contributed by atoms with Gasteiger partial charge in [0.15, 0.2) is 0 Å². The van der Waals surface area contributed by atoms with Crippen LogP contribution in [0.2, 0.25) is 0 Å². The Balaban J connectivity index is 2.28. The molecule has 0 spiro atoms. The van der Waals surface area contributed by atoms with Crippen LogP contribution in [-0.4, -0.2) is 12.2 Å². The Bertz CT molecular complexity index is 402. The Morgan fingerprint density at radius 3 is 2.28 bits per heavy atom. The van der Waals surface area contributed by atoms with E-state index in [0.29, 0.717) is 11.8 Å². The van der Waals surface area contributed by atoms with Gasteiger partial charge in [-0.1, -0.05) is 19.8 Å². The summed E-state index contributed by atoms with van der Waals surface area (Å²) in [4.78, 5) is 0. The molecule has 100 valence electrons. The van der Waals surface area contributed by atoms with Crippen LogP contribution in [0.4, 0.5) is 0 Å². The molecule has 0 amide bonds.